The van der Waals surface area contributed by atoms with Crippen LogP contribution in [0.1, 0.15) is 37.5 Å². The van der Waals surface area contributed by atoms with Gasteiger partial charge in [-0.15, -0.1) is 22.9 Å². The summed E-state index contributed by atoms with van der Waals surface area (Å²) in [6.45, 7) is 7.30. The van der Waals surface area contributed by atoms with E-state index in [4.69, 9.17) is 11.6 Å². The summed E-state index contributed by atoms with van der Waals surface area (Å²) < 4.78 is 0. The molecule has 1 aromatic heterocycles. The molecule has 0 fully saturated rings. The lowest BCUT2D eigenvalue weighted by atomic mass is 10.2. The molecule has 1 atom stereocenters. The van der Waals surface area contributed by atoms with Crippen molar-refractivity contribution in [2.45, 2.75) is 32.7 Å². The Kier molecular flexibility index (Phi) is 6.75. The number of hydrogen-bond acceptors (Lipinski definition) is 4. The van der Waals surface area contributed by atoms with E-state index in [1.807, 2.05) is 24.3 Å². The fraction of sp³-hybridized carbons (Fsp3) is 0.692. The zero-order valence-electron chi connectivity index (χ0n) is 11.9. The van der Waals surface area contributed by atoms with Crippen LogP contribution in [-0.2, 0) is 10.7 Å². The molecule has 0 spiro atoms. The maximum Gasteiger partial charge on any atom is 0.234 e. The third kappa shape index (κ3) is 5.47. The van der Waals surface area contributed by atoms with E-state index in [2.05, 4.69) is 24.1 Å². The third-order valence-electron chi connectivity index (χ3n) is 2.83. The number of halogens is 1. The van der Waals surface area contributed by atoms with Gasteiger partial charge in [0.1, 0.15) is 5.01 Å². The number of alkyl halides is 1. The second-order valence-electron chi connectivity index (χ2n) is 5.10. The SMILES string of the molecule is CC(C)CNC(=O)CN(C)C(C)c1nc(CCl)cs1. The fourth-order valence-corrected chi connectivity index (χ4v) is 2.67. The molecule has 0 aliphatic heterocycles. The number of carbonyl (C=O) groups is 1. The Labute approximate surface area is 124 Å². The quantitative estimate of drug-likeness (QED) is 0.788. The number of likely N-dealkylation sites (N-methyl/N-ethyl adjacent to an activating group) is 1. The number of amides is 1. The summed E-state index contributed by atoms with van der Waals surface area (Å²) in [6.07, 6.45) is 0. The van der Waals surface area contributed by atoms with Crippen molar-refractivity contribution in [2.24, 2.45) is 5.92 Å². The van der Waals surface area contributed by atoms with Crippen LogP contribution in [0.4, 0.5) is 0 Å². The average Bonchev–Trinajstić information content (AvgIpc) is 2.84. The van der Waals surface area contributed by atoms with Gasteiger partial charge in [0.15, 0.2) is 0 Å². The van der Waals surface area contributed by atoms with Gasteiger partial charge in [0.2, 0.25) is 5.91 Å². The summed E-state index contributed by atoms with van der Waals surface area (Å²) in [5.74, 6) is 0.955. The molecule has 0 bridgehead atoms. The topological polar surface area (TPSA) is 45.2 Å². The Hall–Kier alpha value is -0.650. The van der Waals surface area contributed by atoms with Crippen molar-refractivity contribution in [1.29, 1.82) is 0 Å². The van der Waals surface area contributed by atoms with E-state index in [1.165, 1.54) is 0 Å². The number of carbonyl (C=O) groups excluding carboxylic acids is 1. The van der Waals surface area contributed by atoms with Crippen LogP contribution >= 0.6 is 22.9 Å². The Balaban J connectivity index is 2.47. The Morgan fingerprint density at radius 1 is 1.53 bits per heavy atom. The summed E-state index contributed by atoms with van der Waals surface area (Å²) in [4.78, 5) is 18.2. The van der Waals surface area contributed by atoms with E-state index >= 15 is 0 Å². The molecule has 1 unspecified atom stereocenters. The fourth-order valence-electron chi connectivity index (χ4n) is 1.50. The van der Waals surface area contributed by atoms with Crippen LogP contribution in [0.2, 0.25) is 0 Å². The smallest absolute Gasteiger partial charge is 0.234 e. The van der Waals surface area contributed by atoms with Crippen LogP contribution < -0.4 is 5.32 Å². The lowest BCUT2D eigenvalue weighted by Gasteiger charge is -2.22. The molecule has 0 aliphatic carbocycles. The molecule has 1 rings (SSSR count). The second-order valence-corrected chi connectivity index (χ2v) is 6.26. The van der Waals surface area contributed by atoms with E-state index < -0.39 is 0 Å². The predicted octanol–water partition coefficient (Wildman–Crippen LogP) is 2.65. The molecular formula is C13H22ClN3OS. The average molecular weight is 304 g/mol. The summed E-state index contributed by atoms with van der Waals surface area (Å²) in [6, 6.07) is 0.117. The van der Waals surface area contributed by atoms with E-state index in [9.17, 15) is 4.79 Å². The minimum atomic E-state index is 0.0529. The van der Waals surface area contributed by atoms with Crippen molar-refractivity contribution in [3.8, 4) is 0 Å². The summed E-state index contributed by atoms with van der Waals surface area (Å²) >= 11 is 7.33. The second kappa shape index (κ2) is 7.82. The van der Waals surface area contributed by atoms with Crippen molar-refractivity contribution >= 4 is 28.8 Å². The molecule has 108 valence electrons. The number of rotatable bonds is 7. The molecule has 0 aromatic carbocycles. The molecule has 1 N–H and O–H groups in total. The standard InChI is InChI=1S/C13H22ClN3OS/c1-9(2)6-15-12(18)7-17(4)10(3)13-16-11(5-14)8-19-13/h8-10H,5-7H2,1-4H3,(H,15,18). The van der Waals surface area contributed by atoms with Crippen molar-refractivity contribution in [3.05, 3.63) is 16.1 Å². The predicted molar refractivity (Wildman–Crippen MR) is 80.6 cm³/mol. The molecule has 1 amide bonds. The highest BCUT2D eigenvalue weighted by atomic mass is 35.5. The molecular weight excluding hydrogens is 282 g/mol. The van der Waals surface area contributed by atoms with Gasteiger partial charge in [-0.3, -0.25) is 9.69 Å². The minimum Gasteiger partial charge on any atom is -0.355 e. The van der Waals surface area contributed by atoms with Crippen molar-refractivity contribution < 1.29 is 4.79 Å². The third-order valence-corrected chi connectivity index (χ3v) is 4.16. The number of aromatic nitrogens is 1. The van der Waals surface area contributed by atoms with Crippen molar-refractivity contribution in [2.75, 3.05) is 20.1 Å². The molecule has 0 saturated carbocycles. The lowest BCUT2D eigenvalue weighted by Crippen LogP contribution is -2.37. The maximum absolute atomic E-state index is 11.8. The van der Waals surface area contributed by atoms with Crippen molar-refractivity contribution in [1.82, 2.24) is 15.2 Å². The Morgan fingerprint density at radius 3 is 2.74 bits per heavy atom. The highest BCUT2D eigenvalue weighted by Crippen LogP contribution is 2.23. The van der Waals surface area contributed by atoms with E-state index in [0.717, 1.165) is 10.7 Å². The van der Waals surface area contributed by atoms with E-state index in [0.29, 0.717) is 24.9 Å². The molecule has 0 aliphatic rings. The normalized spacial score (nSPS) is 13.0. The Morgan fingerprint density at radius 2 is 2.21 bits per heavy atom. The van der Waals surface area contributed by atoms with Crippen LogP contribution in [0.25, 0.3) is 0 Å². The minimum absolute atomic E-state index is 0.0529. The summed E-state index contributed by atoms with van der Waals surface area (Å²) in [5.41, 5.74) is 0.895. The van der Waals surface area contributed by atoms with E-state index in [-0.39, 0.29) is 11.9 Å². The highest BCUT2D eigenvalue weighted by molar-refractivity contribution is 7.09. The van der Waals surface area contributed by atoms with Crippen molar-refractivity contribution in [3.63, 3.8) is 0 Å². The number of thiazole rings is 1. The van der Waals surface area contributed by atoms with Crippen LogP contribution in [0.3, 0.4) is 0 Å². The van der Waals surface area contributed by atoms with Gasteiger partial charge in [-0.05, 0) is 19.9 Å². The number of nitrogens with one attached hydrogen (secondary N) is 1. The van der Waals surface area contributed by atoms with Gasteiger partial charge < -0.3 is 5.32 Å². The van der Waals surface area contributed by atoms with Gasteiger partial charge in [0, 0.05) is 11.9 Å². The first-order valence-corrected chi connectivity index (χ1v) is 7.82. The van der Waals surface area contributed by atoms with Crippen LogP contribution in [-0.4, -0.2) is 35.9 Å². The van der Waals surface area contributed by atoms with Crippen LogP contribution in [0.5, 0.6) is 0 Å². The van der Waals surface area contributed by atoms with Gasteiger partial charge >= 0.3 is 0 Å². The molecule has 6 heteroatoms. The summed E-state index contributed by atoms with van der Waals surface area (Å²) in [7, 11) is 1.93. The summed E-state index contributed by atoms with van der Waals surface area (Å²) in [5, 5.41) is 5.88. The molecule has 1 aromatic rings. The molecule has 0 radical (unpaired) electrons. The van der Waals surface area contributed by atoms with Crippen LogP contribution in [0.15, 0.2) is 5.38 Å². The molecule has 19 heavy (non-hydrogen) atoms. The molecule has 4 nitrogen and oxygen atoms in total. The van der Waals surface area contributed by atoms with E-state index in [1.54, 1.807) is 11.3 Å². The van der Waals surface area contributed by atoms with Gasteiger partial charge in [-0.1, -0.05) is 13.8 Å². The first-order chi connectivity index (χ1) is 8.93. The highest BCUT2D eigenvalue weighted by Gasteiger charge is 2.17. The maximum atomic E-state index is 11.8. The largest absolute Gasteiger partial charge is 0.355 e. The van der Waals surface area contributed by atoms with Gasteiger partial charge in [0.25, 0.3) is 0 Å². The lowest BCUT2D eigenvalue weighted by molar-refractivity contribution is -0.122. The van der Waals surface area contributed by atoms with Crippen LogP contribution in [0, 0.1) is 5.92 Å². The number of nitrogens with zero attached hydrogens (tertiary/aromatic N) is 2. The zero-order chi connectivity index (χ0) is 14.4. The Bertz CT molecular complexity index is 408. The molecule has 0 saturated heterocycles. The monoisotopic (exact) mass is 303 g/mol. The van der Waals surface area contributed by atoms with Gasteiger partial charge in [0.05, 0.1) is 24.2 Å². The molecule has 1 heterocycles. The zero-order valence-corrected chi connectivity index (χ0v) is 13.5. The van der Waals surface area contributed by atoms with Gasteiger partial charge in [-0.2, -0.15) is 0 Å². The first-order valence-electron chi connectivity index (χ1n) is 6.41. The van der Waals surface area contributed by atoms with Gasteiger partial charge in [-0.25, -0.2) is 4.98 Å². The first kappa shape index (κ1) is 16.4. The number of hydrogen-bond donors (Lipinski definition) is 1.